The SMILES string of the molecule is COc1cccc(OC)c1C(=O)OCC(=O)Nc1ccc(C)cc1Br. The van der Waals surface area contributed by atoms with Gasteiger partial charge in [0.05, 0.1) is 19.9 Å². The Morgan fingerprint density at radius 2 is 1.72 bits per heavy atom. The van der Waals surface area contributed by atoms with Gasteiger partial charge in [0.25, 0.3) is 5.91 Å². The maximum Gasteiger partial charge on any atom is 0.346 e. The molecule has 2 aromatic carbocycles. The van der Waals surface area contributed by atoms with Gasteiger partial charge in [-0.1, -0.05) is 12.1 Å². The Bertz CT molecular complexity index is 769. The van der Waals surface area contributed by atoms with Crippen LogP contribution in [-0.4, -0.2) is 32.7 Å². The molecule has 6 nitrogen and oxygen atoms in total. The van der Waals surface area contributed by atoms with Crippen LogP contribution in [0.5, 0.6) is 11.5 Å². The summed E-state index contributed by atoms with van der Waals surface area (Å²) in [6, 6.07) is 10.4. The predicted molar refractivity (Wildman–Crippen MR) is 97.3 cm³/mol. The third-order valence-corrected chi connectivity index (χ3v) is 4.02. The van der Waals surface area contributed by atoms with Crippen molar-refractivity contribution in [2.75, 3.05) is 26.1 Å². The van der Waals surface area contributed by atoms with E-state index < -0.39 is 18.5 Å². The van der Waals surface area contributed by atoms with Gasteiger partial charge in [-0.3, -0.25) is 4.79 Å². The fourth-order valence-electron chi connectivity index (χ4n) is 2.16. The molecule has 0 spiro atoms. The maximum absolute atomic E-state index is 12.3. The van der Waals surface area contributed by atoms with Crippen molar-refractivity contribution in [2.24, 2.45) is 0 Å². The van der Waals surface area contributed by atoms with Gasteiger partial charge in [-0.2, -0.15) is 0 Å². The standard InChI is InChI=1S/C18H18BrNO5/c1-11-7-8-13(12(19)9-11)20-16(21)10-25-18(22)17-14(23-2)5-4-6-15(17)24-3/h4-9H,10H2,1-3H3,(H,20,21). The molecule has 0 atom stereocenters. The van der Waals surface area contributed by atoms with Crippen molar-refractivity contribution in [3.8, 4) is 11.5 Å². The number of rotatable bonds is 6. The zero-order valence-electron chi connectivity index (χ0n) is 14.1. The molecule has 1 amide bonds. The first-order valence-corrected chi connectivity index (χ1v) is 8.19. The van der Waals surface area contributed by atoms with Crippen LogP contribution in [0, 0.1) is 6.92 Å². The van der Waals surface area contributed by atoms with E-state index in [1.807, 2.05) is 19.1 Å². The molecule has 2 rings (SSSR count). The summed E-state index contributed by atoms with van der Waals surface area (Å²) in [5.74, 6) is -0.531. The second-order valence-corrected chi connectivity index (χ2v) is 6.00. The summed E-state index contributed by atoms with van der Waals surface area (Å²) in [5, 5.41) is 2.68. The molecule has 0 aromatic heterocycles. The van der Waals surface area contributed by atoms with Gasteiger partial charge in [-0.15, -0.1) is 0 Å². The van der Waals surface area contributed by atoms with Crippen LogP contribution < -0.4 is 14.8 Å². The first-order valence-electron chi connectivity index (χ1n) is 7.40. The lowest BCUT2D eigenvalue weighted by Crippen LogP contribution is -2.21. The lowest BCUT2D eigenvalue weighted by molar-refractivity contribution is -0.119. The number of aryl methyl sites for hydroxylation is 1. The molecule has 0 aliphatic heterocycles. The zero-order valence-corrected chi connectivity index (χ0v) is 15.7. The Hall–Kier alpha value is -2.54. The number of anilines is 1. The van der Waals surface area contributed by atoms with Crippen LogP contribution in [0.1, 0.15) is 15.9 Å². The molecule has 0 saturated carbocycles. The second kappa shape index (κ2) is 8.53. The number of hydrogen-bond donors (Lipinski definition) is 1. The second-order valence-electron chi connectivity index (χ2n) is 5.15. The maximum atomic E-state index is 12.3. The van der Waals surface area contributed by atoms with E-state index in [4.69, 9.17) is 14.2 Å². The highest BCUT2D eigenvalue weighted by Gasteiger charge is 2.20. The highest BCUT2D eigenvalue weighted by atomic mass is 79.9. The topological polar surface area (TPSA) is 73.9 Å². The number of amides is 1. The normalized spacial score (nSPS) is 10.1. The number of esters is 1. The minimum Gasteiger partial charge on any atom is -0.496 e. The van der Waals surface area contributed by atoms with Gasteiger partial charge in [-0.25, -0.2) is 4.79 Å². The molecular weight excluding hydrogens is 390 g/mol. The fraction of sp³-hybridized carbons (Fsp3) is 0.222. The van der Waals surface area contributed by atoms with Gasteiger partial charge in [0, 0.05) is 4.47 Å². The van der Waals surface area contributed by atoms with E-state index in [0.29, 0.717) is 17.2 Å². The molecule has 7 heteroatoms. The van der Waals surface area contributed by atoms with Gasteiger partial charge < -0.3 is 19.5 Å². The molecule has 2 aromatic rings. The number of benzene rings is 2. The lowest BCUT2D eigenvalue weighted by Gasteiger charge is -2.12. The Labute approximate surface area is 154 Å². The number of nitrogens with one attached hydrogen (secondary N) is 1. The van der Waals surface area contributed by atoms with E-state index in [1.54, 1.807) is 24.3 Å². The molecule has 0 unspecified atom stereocenters. The number of hydrogen-bond acceptors (Lipinski definition) is 5. The minimum atomic E-state index is -0.701. The van der Waals surface area contributed by atoms with Crippen molar-refractivity contribution in [3.05, 3.63) is 52.0 Å². The van der Waals surface area contributed by atoms with Crippen molar-refractivity contribution in [2.45, 2.75) is 6.92 Å². The molecule has 0 bridgehead atoms. The number of carbonyl (C=O) groups excluding carboxylic acids is 2. The van der Waals surface area contributed by atoms with Gasteiger partial charge in [0.1, 0.15) is 17.1 Å². The molecule has 0 heterocycles. The molecular formula is C18H18BrNO5. The minimum absolute atomic E-state index is 0.136. The van der Waals surface area contributed by atoms with Crippen LogP contribution in [0.2, 0.25) is 0 Å². The van der Waals surface area contributed by atoms with Crippen LogP contribution in [0.25, 0.3) is 0 Å². The smallest absolute Gasteiger partial charge is 0.346 e. The summed E-state index contributed by atoms with van der Waals surface area (Å²) in [7, 11) is 2.88. The molecule has 1 N–H and O–H groups in total. The van der Waals surface area contributed by atoms with Gasteiger partial charge >= 0.3 is 5.97 Å². The highest BCUT2D eigenvalue weighted by Crippen LogP contribution is 2.29. The first-order chi connectivity index (χ1) is 12.0. The third-order valence-electron chi connectivity index (χ3n) is 3.36. The number of carbonyl (C=O) groups is 2. The molecule has 0 aliphatic carbocycles. The monoisotopic (exact) mass is 407 g/mol. The molecule has 0 saturated heterocycles. The summed E-state index contributed by atoms with van der Waals surface area (Å²) >= 11 is 3.37. The van der Waals surface area contributed by atoms with Crippen molar-refractivity contribution >= 4 is 33.5 Å². The van der Waals surface area contributed by atoms with E-state index in [0.717, 1.165) is 10.0 Å². The zero-order chi connectivity index (χ0) is 18.4. The Morgan fingerprint density at radius 3 is 2.28 bits per heavy atom. The van der Waals surface area contributed by atoms with Crippen LogP contribution >= 0.6 is 15.9 Å². The summed E-state index contributed by atoms with van der Waals surface area (Å²) in [4.78, 5) is 24.3. The Balaban J connectivity index is 2.04. The summed E-state index contributed by atoms with van der Waals surface area (Å²) in [6.07, 6.45) is 0. The number of methoxy groups -OCH3 is 2. The summed E-state index contributed by atoms with van der Waals surface area (Å²) < 4.78 is 16.1. The van der Waals surface area contributed by atoms with Crippen LogP contribution in [0.15, 0.2) is 40.9 Å². The highest BCUT2D eigenvalue weighted by molar-refractivity contribution is 9.10. The van der Waals surface area contributed by atoms with Crippen molar-refractivity contribution in [1.82, 2.24) is 0 Å². The summed E-state index contributed by atoms with van der Waals surface area (Å²) in [6.45, 7) is 1.51. The lowest BCUT2D eigenvalue weighted by atomic mass is 10.2. The van der Waals surface area contributed by atoms with Gasteiger partial charge in [0.15, 0.2) is 6.61 Å². The summed E-state index contributed by atoms with van der Waals surface area (Å²) in [5.41, 5.74) is 1.79. The van der Waals surface area contributed by atoms with E-state index in [1.165, 1.54) is 14.2 Å². The van der Waals surface area contributed by atoms with E-state index in [2.05, 4.69) is 21.2 Å². The van der Waals surface area contributed by atoms with Crippen molar-refractivity contribution in [3.63, 3.8) is 0 Å². The molecule has 132 valence electrons. The number of ether oxygens (including phenoxy) is 3. The molecule has 0 fully saturated rings. The first kappa shape index (κ1) is 18.8. The van der Waals surface area contributed by atoms with Crippen LogP contribution in [0.3, 0.4) is 0 Å². The Kier molecular flexibility index (Phi) is 6.41. The molecule has 25 heavy (non-hydrogen) atoms. The fourth-order valence-corrected chi connectivity index (χ4v) is 2.76. The largest absolute Gasteiger partial charge is 0.496 e. The number of halogens is 1. The van der Waals surface area contributed by atoms with E-state index in [9.17, 15) is 9.59 Å². The quantitative estimate of drug-likeness (QED) is 0.740. The molecule has 0 aliphatic rings. The molecule has 0 radical (unpaired) electrons. The van der Waals surface area contributed by atoms with E-state index in [-0.39, 0.29) is 5.56 Å². The third kappa shape index (κ3) is 4.73. The van der Waals surface area contributed by atoms with Crippen molar-refractivity contribution in [1.29, 1.82) is 0 Å². The predicted octanol–water partition coefficient (Wildman–Crippen LogP) is 3.57. The van der Waals surface area contributed by atoms with Crippen LogP contribution in [0.4, 0.5) is 5.69 Å². The van der Waals surface area contributed by atoms with E-state index >= 15 is 0 Å². The van der Waals surface area contributed by atoms with Gasteiger partial charge in [-0.05, 0) is 52.7 Å². The van der Waals surface area contributed by atoms with Crippen LogP contribution in [-0.2, 0) is 9.53 Å². The Morgan fingerprint density at radius 1 is 1.08 bits per heavy atom. The van der Waals surface area contributed by atoms with Gasteiger partial charge in [0.2, 0.25) is 0 Å². The average Bonchev–Trinajstić information content (AvgIpc) is 2.61. The van der Waals surface area contributed by atoms with Crippen molar-refractivity contribution < 1.29 is 23.8 Å². The average molecular weight is 408 g/mol.